The van der Waals surface area contributed by atoms with Gasteiger partial charge in [-0.3, -0.25) is 0 Å². The number of rotatable bonds is 2. The van der Waals surface area contributed by atoms with Gasteiger partial charge in [0.2, 0.25) is 0 Å². The number of allylic oxidation sites excluding steroid dienone is 1. The number of thiophene rings is 1. The van der Waals surface area contributed by atoms with Gasteiger partial charge in [0.15, 0.2) is 0 Å². The van der Waals surface area contributed by atoms with Crippen LogP contribution in [0.4, 0.5) is 0 Å². The number of nitriles is 1. The Labute approximate surface area is 117 Å². The Morgan fingerprint density at radius 1 is 1.24 bits per heavy atom. The Morgan fingerprint density at radius 3 is 2.59 bits per heavy atom. The highest BCUT2D eigenvalue weighted by Crippen LogP contribution is 2.34. The predicted molar refractivity (Wildman–Crippen MR) is 76.7 cm³/mol. The van der Waals surface area contributed by atoms with E-state index in [1.54, 1.807) is 0 Å². The maximum Gasteiger partial charge on any atom is 0.102 e. The molecule has 1 nitrogen and oxygen atoms in total. The molecule has 0 atom stereocenters. The van der Waals surface area contributed by atoms with Gasteiger partial charge >= 0.3 is 0 Å². The van der Waals surface area contributed by atoms with Crippen molar-refractivity contribution in [2.45, 2.75) is 0 Å². The second-order valence-electron chi connectivity index (χ2n) is 3.26. The number of halogens is 2. The molecule has 2 rings (SSSR count). The minimum absolute atomic E-state index is 0.474. The lowest BCUT2D eigenvalue weighted by Gasteiger charge is -2.04. The number of hydrogen-bond acceptors (Lipinski definition) is 2. The summed E-state index contributed by atoms with van der Waals surface area (Å²) in [5, 5.41) is 11.6. The molecule has 17 heavy (non-hydrogen) atoms. The van der Waals surface area contributed by atoms with Crippen molar-refractivity contribution in [2.24, 2.45) is 0 Å². The van der Waals surface area contributed by atoms with Gasteiger partial charge in [-0.15, -0.1) is 11.3 Å². The van der Waals surface area contributed by atoms with Gasteiger partial charge in [-0.05, 0) is 17.5 Å². The summed E-state index contributed by atoms with van der Waals surface area (Å²) in [4.78, 5) is 0.883. The fourth-order valence-electron chi connectivity index (χ4n) is 1.41. The molecule has 0 saturated carbocycles. The standard InChI is InChI=1S/C13H7BrClNS/c14-11-5-2-1-4-9(11)13(15)10(8-16)12-6-3-7-17-12/h1-7H. The fraction of sp³-hybridized carbons (Fsp3) is 0. The van der Waals surface area contributed by atoms with E-state index in [2.05, 4.69) is 22.0 Å². The topological polar surface area (TPSA) is 23.8 Å². The minimum Gasteiger partial charge on any atom is -0.192 e. The normalized spacial score (nSPS) is 11.8. The lowest BCUT2D eigenvalue weighted by Crippen LogP contribution is -1.84. The Hall–Kier alpha value is -1.08. The average Bonchev–Trinajstić information content (AvgIpc) is 2.84. The van der Waals surface area contributed by atoms with E-state index < -0.39 is 0 Å². The molecule has 1 aromatic carbocycles. The van der Waals surface area contributed by atoms with Gasteiger partial charge in [0.1, 0.15) is 6.07 Å². The molecule has 0 aliphatic heterocycles. The van der Waals surface area contributed by atoms with Gasteiger partial charge in [-0.1, -0.05) is 51.8 Å². The highest BCUT2D eigenvalue weighted by Gasteiger charge is 2.12. The van der Waals surface area contributed by atoms with Crippen LogP contribution >= 0.6 is 38.9 Å². The van der Waals surface area contributed by atoms with Gasteiger partial charge in [0, 0.05) is 14.9 Å². The fourth-order valence-corrected chi connectivity index (χ4v) is 3.10. The van der Waals surface area contributed by atoms with Gasteiger partial charge < -0.3 is 0 Å². The summed E-state index contributed by atoms with van der Waals surface area (Å²) in [6.07, 6.45) is 0. The quantitative estimate of drug-likeness (QED) is 0.702. The maximum absolute atomic E-state index is 9.22. The Balaban J connectivity index is 2.58. The summed E-state index contributed by atoms with van der Waals surface area (Å²) < 4.78 is 0.884. The zero-order valence-corrected chi connectivity index (χ0v) is 11.8. The third-order valence-electron chi connectivity index (χ3n) is 2.21. The molecule has 1 heterocycles. The van der Waals surface area contributed by atoms with Crippen LogP contribution in [0.15, 0.2) is 46.3 Å². The second-order valence-corrected chi connectivity index (χ2v) is 5.44. The Bertz CT molecular complexity index is 596. The van der Waals surface area contributed by atoms with E-state index in [-0.39, 0.29) is 0 Å². The maximum atomic E-state index is 9.22. The molecule has 1 aromatic heterocycles. The SMILES string of the molecule is N#CC(=C(Cl)c1ccccc1Br)c1cccs1. The zero-order chi connectivity index (χ0) is 12.3. The van der Waals surface area contributed by atoms with Gasteiger partial charge in [-0.2, -0.15) is 5.26 Å². The second kappa shape index (κ2) is 5.50. The summed E-state index contributed by atoms with van der Waals surface area (Å²) in [6.45, 7) is 0. The molecule has 0 aliphatic carbocycles. The molecule has 4 heteroatoms. The summed E-state index contributed by atoms with van der Waals surface area (Å²) in [7, 11) is 0. The molecule has 0 bridgehead atoms. The monoisotopic (exact) mass is 323 g/mol. The molecule has 2 aromatic rings. The first-order valence-electron chi connectivity index (χ1n) is 4.82. The van der Waals surface area contributed by atoms with Crippen molar-refractivity contribution in [3.63, 3.8) is 0 Å². The first-order valence-corrected chi connectivity index (χ1v) is 6.87. The average molecular weight is 325 g/mol. The van der Waals surface area contributed by atoms with Crippen molar-refractivity contribution in [1.82, 2.24) is 0 Å². The third kappa shape index (κ3) is 2.61. The predicted octanol–water partition coefficient (Wildman–Crippen LogP) is 5.14. The molecular weight excluding hydrogens is 318 g/mol. The highest BCUT2D eigenvalue weighted by molar-refractivity contribution is 9.10. The van der Waals surface area contributed by atoms with E-state index >= 15 is 0 Å². The molecule has 0 aliphatic rings. The van der Waals surface area contributed by atoms with E-state index in [0.29, 0.717) is 10.6 Å². The first-order chi connectivity index (χ1) is 8.24. The minimum atomic E-state index is 0.474. The number of nitrogens with zero attached hydrogens (tertiary/aromatic N) is 1. The van der Waals surface area contributed by atoms with Crippen molar-refractivity contribution in [3.8, 4) is 6.07 Å². The van der Waals surface area contributed by atoms with Crippen LogP contribution in [-0.2, 0) is 0 Å². The van der Waals surface area contributed by atoms with Gasteiger partial charge in [-0.25, -0.2) is 0 Å². The molecule has 0 spiro atoms. The number of benzene rings is 1. The van der Waals surface area contributed by atoms with E-state index in [0.717, 1.165) is 14.9 Å². The molecule has 0 fully saturated rings. The molecular formula is C13H7BrClNS. The van der Waals surface area contributed by atoms with Crippen molar-refractivity contribution in [1.29, 1.82) is 5.26 Å². The van der Waals surface area contributed by atoms with Crippen LogP contribution in [0.1, 0.15) is 10.4 Å². The largest absolute Gasteiger partial charge is 0.192 e. The molecule has 0 saturated heterocycles. The van der Waals surface area contributed by atoms with E-state index in [4.69, 9.17) is 11.6 Å². The molecule has 0 N–H and O–H groups in total. The van der Waals surface area contributed by atoms with Crippen LogP contribution in [0.3, 0.4) is 0 Å². The van der Waals surface area contributed by atoms with Crippen molar-refractivity contribution in [2.75, 3.05) is 0 Å². The number of hydrogen-bond donors (Lipinski definition) is 0. The molecule has 0 unspecified atom stereocenters. The zero-order valence-electron chi connectivity index (χ0n) is 8.65. The summed E-state index contributed by atoms with van der Waals surface area (Å²) in [6, 6.07) is 13.6. The van der Waals surface area contributed by atoms with Crippen molar-refractivity contribution < 1.29 is 0 Å². The lowest BCUT2D eigenvalue weighted by molar-refractivity contribution is 1.53. The van der Waals surface area contributed by atoms with Gasteiger partial charge in [0.05, 0.1) is 10.6 Å². The van der Waals surface area contributed by atoms with Crippen molar-refractivity contribution >= 4 is 49.5 Å². The van der Waals surface area contributed by atoms with E-state index in [1.165, 1.54) is 11.3 Å². The summed E-state index contributed by atoms with van der Waals surface area (Å²) in [5.74, 6) is 0. The highest BCUT2D eigenvalue weighted by atomic mass is 79.9. The van der Waals surface area contributed by atoms with Gasteiger partial charge in [0.25, 0.3) is 0 Å². The molecule has 0 radical (unpaired) electrons. The third-order valence-corrected chi connectivity index (χ3v) is 4.18. The van der Waals surface area contributed by atoms with Crippen LogP contribution in [0.2, 0.25) is 0 Å². The first kappa shape index (κ1) is 12.4. The Morgan fingerprint density at radius 2 is 2.00 bits per heavy atom. The van der Waals surface area contributed by atoms with Crippen molar-refractivity contribution in [3.05, 3.63) is 56.7 Å². The van der Waals surface area contributed by atoms with Crippen LogP contribution in [0, 0.1) is 11.3 Å². The summed E-state index contributed by atoms with van der Waals surface area (Å²) in [5.41, 5.74) is 1.34. The van der Waals surface area contributed by atoms with E-state index in [1.807, 2.05) is 41.8 Å². The lowest BCUT2D eigenvalue weighted by atomic mass is 10.1. The van der Waals surface area contributed by atoms with E-state index in [9.17, 15) is 5.26 Å². The van der Waals surface area contributed by atoms with Crippen LogP contribution < -0.4 is 0 Å². The van der Waals surface area contributed by atoms with Crippen LogP contribution in [0.5, 0.6) is 0 Å². The van der Waals surface area contributed by atoms with Crippen LogP contribution in [-0.4, -0.2) is 0 Å². The molecule has 0 amide bonds. The summed E-state index contributed by atoms with van der Waals surface area (Å²) >= 11 is 11.2. The smallest absolute Gasteiger partial charge is 0.102 e. The Kier molecular flexibility index (Phi) is 4.01. The molecule has 84 valence electrons. The van der Waals surface area contributed by atoms with Crippen LogP contribution in [0.25, 0.3) is 10.6 Å².